The number of benzene rings is 1. The molecule has 3 rings (SSSR count). The van der Waals surface area contributed by atoms with Crippen LogP contribution in [-0.4, -0.2) is 32.3 Å². The fraction of sp³-hybridized carbons (Fsp3) is 0.421. The van der Waals surface area contributed by atoms with Gasteiger partial charge in [0.05, 0.1) is 0 Å². The number of aromatic nitrogens is 1. The molecule has 1 N–H and O–H groups in total. The van der Waals surface area contributed by atoms with Crippen LogP contribution in [0.2, 0.25) is 0 Å². The Balaban J connectivity index is 2.07. The number of H-pyrrole nitrogens is 1. The zero-order valence-electron chi connectivity index (χ0n) is 14.7. The van der Waals surface area contributed by atoms with E-state index in [-0.39, 0.29) is 5.56 Å². The second-order valence-electron chi connectivity index (χ2n) is 6.29. The van der Waals surface area contributed by atoms with Crippen LogP contribution in [0.3, 0.4) is 0 Å². The molecular formula is C19H24N2O3. The van der Waals surface area contributed by atoms with Gasteiger partial charge < -0.3 is 19.4 Å². The molecule has 0 amide bonds. The van der Waals surface area contributed by atoms with E-state index < -0.39 is 0 Å². The predicted octanol–water partition coefficient (Wildman–Crippen LogP) is 2.67. The average molecular weight is 328 g/mol. The third kappa shape index (κ3) is 2.98. The molecular weight excluding hydrogens is 304 g/mol. The van der Waals surface area contributed by atoms with Gasteiger partial charge in [-0.2, -0.15) is 0 Å². The molecule has 0 spiro atoms. The van der Waals surface area contributed by atoms with Crippen LogP contribution in [-0.2, 0) is 12.8 Å². The van der Waals surface area contributed by atoms with Gasteiger partial charge in [0.25, 0.3) is 5.56 Å². The number of pyridine rings is 1. The quantitative estimate of drug-likeness (QED) is 0.937. The molecule has 24 heavy (non-hydrogen) atoms. The highest BCUT2D eigenvalue weighted by Crippen LogP contribution is 2.33. The van der Waals surface area contributed by atoms with E-state index in [9.17, 15) is 4.79 Å². The Morgan fingerprint density at radius 2 is 1.83 bits per heavy atom. The number of rotatable bonds is 4. The maximum Gasteiger partial charge on any atom is 0.271 e. The molecule has 0 atom stereocenters. The van der Waals surface area contributed by atoms with Gasteiger partial charge in [0.1, 0.15) is 18.9 Å². The van der Waals surface area contributed by atoms with Crippen LogP contribution in [0.5, 0.6) is 11.5 Å². The van der Waals surface area contributed by atoms with E-state index in [1.807, 2.05) is 44.1 Å². The summed E-state index contributed by atoms with van der Waals surface area (Å²) < 4.78 is 11.3. The minimum absolute atomic E-state index is 0.0396. The third-order valence-corrected chi connectivity index (χ3v) is 4.41. The van der Waals surface area contributed by atoms with E-state index in [2.05, 4.69) is 11.9 Å². The van der Waals surface area contributed by atoms with Gasteiger partial charge in [0.2, 0.25) is 0 Å². The molecule has 0 aliphatic carbocycles. The lowest BCUT2D eigenvalue weighted by molar-refractivity contribution is 0.171. The first-order valence-electron chi connectivity index (χ1n) is 8.31. The SMILES string of the molecule is CCc1c(C)[nH]c(=O)c(N(C)C)c1Cc1ccc2c(c1)OCCO2. The van der Waals surface area contributed by atoms with Gasteiger partial charge in [-0.1, -0.05) is 13.0 Å². The van der Waals surface area contributed by atoms with Crippen LogP contribution >= 0.6 is 0 Å². The molecule has 1 aliphatic heterocycles. The van der Waals surface area contributed by atoms with Crippen molar-refractivity contribution in [3.8, 4) is 11.5 Å². The molecule has 0 radical (unpaired) electrons. The first-order chi connectivity index (χ1) is 11.5. The molecule has 2 aromatic rings. The summed E-state index contributed by atoms with van der Waals surface area (Å²) in [5, 5.41) is 0. The van der Waals surface area contributed by atoms with Crippen LogP contribution in [0.1, 0.15) is 29.3 Å². The second-order valence-corrected chi connectivity index (χ2v) is 6.29. The minimum Gasteiger partial charge on any atom is -0.486 e. The molecule has 0 unspecified atom stereocenters. The summed E-state index contributed by atoms with van der Waals surface area (Å²) in [6.07, 6.45) is 1.57. The zero-order valence-corrected chi connectivity index (χ0v) is 14.7. The van der Waals surface area contributed by atoms with E-state index in [1.54, 1.807) is 0 Å². The van der Waals surface area contributed by atoms with Crippen molar-refractivity contribution in [3.63, 3.8) is 0 Å². The molecule has 5 heteroatoms. The lowest BCUT2D eigenvalue weighted by Gasteiger charge is -2.22. The number of fused-ring (bicyclic) bond motifs is 1. The highest BCUT2D eigenvalue weighted by molar-refractivity contribution is 5.58. The Morgan fingerprint density at radius 3 is 2.50 bits per heavy atom. The molecule has 0 saturated heterocycles. The van der Waals surface area contributed by atoms with Gasteiger partial charge in [-0.15, -0.1) is 0 Å². The van der Waals surface area contributed by atoms with E-state index in [0.29, 0.717) is 19.6 Å². The summed E-state index contributed by atoms with van der Waals surface area (Å²) in [5.74, 6) is 1.57. The van der Waals surface area contributed by atoms with E-state index in [1.165, 1.54) is 5.56 Å². The van der Waals surface area contributed by atoms with Crippen LogP contribution in [0.25, 0.3) is 0 Å². The fourth-order valence-electron chi connectivity index (χ4n) is 3.36. The van der Waals surface area contributed by atoms with Gasteiger partial charge in [0, 0.05) is 26.2 Å². The Hall–Kier alpha value is -2.43. The number of aryl methyl sites for hydroxylation is 1. The predicted molar refractivity (Wildman–Crippen MR) is 95.7 cm³/mol. The van der Waals surface area contributed by atoms with Crippen LogP contribution in [0.4, 0.5) is 5.69 Å². The van der Waals surface area contributed by atoms with Crippen molar-refractivity contribution < 1.29 is 9.47 Å². The van der Waals surface area contributed by atoms with Crippen molar-refractivity contribution in [2.24, 2.45) is 0 Å². The molecule has 2 heterocycles. The number of ether oxygens (including phenoxy) is 2. The molecule has 0 saturated carbocycles. The smallest absolute Gasteiger partial charge is 0.271 e. The Labute approximate surface area is 142 Å². The van der Waals surface area contributed by atoms with Crippen LogP contribution in [0, 0.1) is 6.92 Å². The van der Waals surface area contributed by atoms with Gasteiger partial charge in [-0.05, 0) is 42.2 Å². The number of hydrogen-bond donors (Lipinski definition) is 1. The Kier molecular flexibility index (Phi) is 4.51. The topological polar surface area (TPSA) is 54.6 Å². The summed E-state index contributed by atoms with van der Waals surface area (Å²) in [6.45, 7) is 5.24. The summed E-state index contributed by atoms with van der Waals surface area (Å²) >= 11 is 0. The molecule has 0 fully saturated rings. The third-order valence-electron chi connectivity index (χ3n) is 4.41. The first-order valence-corrected chi connectivity index (χ1v) is 8.31. The van der Waals surface area contributed by atoms with Gasteiger partial charge in [-0.25, -0.2) is 0 Å². The Bertz CT molecular complexity index is 809. The van der Waals surface area contributed by atoms with E-state index >= 15 is 0 Å². The number of aromatic amines is 1. The highest BCUT2D eigenvalue weighted by atomic mass is 16.6. The summed E-state index contributed by atoms with van der Waals surface area (Å²) in [4.78, 5) is 17.3. The maximum absolute atomic E-state index is 12.5. The number of anilines is 1. The highest BCUT2D eigenvalue weighted by Gasteiger charge is 2.18. The summed E-state index contributed by atoms with van der Waals surface area (Å²) in [5.41, 5.74) is 5.03. The molecule has 1 aromatic carbocycles. The fourth-order valence-corrected chi connectivity index (χ4v) is 3.36. The van der Waals surface area contributed by atoms with Crippen LogP contribution < -0.4 is 19.9 Å². The number of nitrogens with zero attached hydrogens (tertiary/aromatic N) is 1. The van der Waals surface area contributed by atoms with Gasteiger partial charge >= 0.3 is 0 Å². The largest absolute Gasteiger partial charge is 0.486 e. The Morgan fingerprint density at radius 1 is 1.12 bits per heavy atom. The molecule has 128 valence electrons. The molecule has 5 nitrogen and oxygen atoms in total. The van der Waals surface area contributed by atoms with Gasteiger partial charge in [0.15, 0.2) is 11.5 Å². The molecule has 1 aromatic heterocycles. The minimum atomic E-state index is -0.0396. The van der Waals surface area contributed by atoms with Crippen molar-refractivity contribution in [1.29, 1.82) is 0 Å². The van der Waals surface area contributed by atoms with Crippen LogP contribution in [0.15, 0.2) is 23.0 Å². The van der Waals surface area contributed by atoms with Crippen molar-refractivity contribution in [3.05, 3.63) is 50.9 Å². The molecule has 0 bridgehead atoms. The monoisotopic (exact) mass is 328 g/mol. The van der Waals surface area contributed by atoms with Crippen molar-refractivity contribution in [2.75, 3.05) is 32.2 Å². The zero-order chi connectivity index (χ0) is 17.3. The van der Waals surface area contributed by atoms with Crippen molar-refractivity contribution in [1.82, 2.24) is 4.98 Å². The maximum atomic E-state index is 12.5. The van der Waals surface area contributed by atoms with Gasteiger partial charge in [-0.3, -0.25) is 4.79 Å². The second kappa shape index (κ2) is 6.59. The summed E-state index contributed by atoms with van der Waals surface area (Å²) in [7, 11) is 3.82. The molecule has 1 aliphatic rings. The van der Waals surface area contributed by atoms with E-state index in [4.69, 9.17) is 9.47 Å². The van der Waals surface area contributed by atoms with Crippen molar-refractivity contribution >= 4 is 5.69 Å². The standard InChI is InChI=1S/C19H24N2O3/c1-5-14-12(2)20-19(22)18(21(3)4)15(14)10-13-6-7-16-17(11-13)24-9-8-23-16/h6-7,11H,5,8-10H2,1-4H3,(H,20,22). The van der Waals surface area contributed by atoms with Crippen molar-refractivity contribution in [2.45, 2.75) is 26.7 Å². The van der Waals surface area contributed by atoms with E-state index in [0.717, 1.165) is 40.4 Å². The first kappa shape index (κ1) is 16.4. The summed E-state index contributed by atoms with van der Waals surface area (Å²) in [6, 6.07) is 6.01. The normalized spacial score (nSPS) is 13.0. The number of nitrogens with one attached hydrogen (secondary N) is 1. The average Bonchev–Trinajstić information content (AvgIpc) is 2.54. The lowest BCUT2D eigenvalue weighted by atomic mass is 9.95. The lowest BCUT2D eigenvalue weighted by Crippen LogP contribution is -2.25. The number of hydrogen-bond acceptors (Lipinski definition) is 4.